The Morgan fingerprint density at radius 1 is 1.40 bits per heavy atom. The lowest BCUT2D eigenvalue weighted by Crippen LogP contribution is -2.28. The van der Waals surface area contributed by atoms with Gasteiger partial charge in [0.25, 0.3) is 11.6 Å². The van der Waals surface area contributed by atoms with E-state index >= 15 is 0 Å². The van der Waals surface area contributed by atoms with E-state index in [1.807, 2.05) is 0 Å². The second-order valence-electron chi connectivity index (χ2n) is 4.42. The molecule has 102 valence electrons. The fraction of sp³-hybridized carbons (Fsp3) is 0.154. The summed E-state index contributed by atoms with van der Waals surface area (Å²) >= 11 is 4.77. The van der Waals surface area contributed by atoms with E-state index in [2.05, 4.69) is 15.9 Å². The number of halogens is 1. The molecule has 3 rings (SSSR count). The quantitative estimate of drug-likeness (QED) is 0.612. The molecule has 0 radical (unpaired) electrons. The minimum atomic E-state index is -0.442. The first-order valence-electron chi connectivity index (χ1n) is 5.89. The lowest BCUT2D eigenvalue weighted by molar-refractivity contribution is -0.384. The van der Waals surface area contributed by atoms with Crippen LogP contribution in [0.1, 0.15) is 15.9 Å². The normalized spacial score (nSPS) is 13.3. The number of fused-ring (bicyclic) bond motifs is 1. The van der Waals surface area contributed by atoms with Gasteiger partial charge in [-0.2, -0.15) is 0 Å². The Morgan fingerprint density at radius 2 is 2.20 bits per heavy atom. The van der Waals surface area contributed by atoms with Gasteiger partial charge in [0.2, 0.25) is 0 Å². The molecule has 1 aliphatic heterocycles. The lowest BCUT2D eigenvalue weighted by atomic mass is 10.1. The van der Waals surface area contributed by atoms with Gasteiger partial charge in [0.1, 0.15) is 0 Å². The number of nitro groups is 1. The van der Waals surface area contributed by atoms with E-state index in [9.17, 15) is 14.9 Å². The minimum Gasteiger partial charge on any atom is -0.307 e. The molecule has 1 aromatic heterocycles. The number of anilines is 1. The summed E-state index contributed by atoms with van der Waals surface area (Å²) < 4.78 is 0.888. The third-order valence-electron chi connectivity index (χ3n) is 3.23. The maximum atomic E-state index is 12.4. The van der Waals surface area contributed by atoms with Crippen LogP contribution in [0.2, 0.25) is 0 Å². The molecule has 0 saturated heterocycles. The van der Waals surface area contributed by atoms with E-state index in [4.69, 9.17) is 0 Å². The Hall–Kier alpha value is -1.73. The SMILES string of the molecule is O=C(c1csc(Br)c1)N1CCc2ccc([N+](=O)[O-])cc21. The van der Waals surface area contributed by atoms with E-state index in [-0.39, 0.29) is 11.6 Å². The van der Waals surface area contributed by atoms with Crippen LogP contribution in [-0.4, -0.2) is 17.4 Å². The first kappa shape index (κ1) is 13.3. The van der Waals surface area contributed by atoms with Crippen molar-refractivity contribution >= 4 is 44.5 Å². The Bertz CT molecular complexity index is 713. The van der Waals surface area contributed by atoms with E-state index in [0.29, 0.717) is 17.8 Å². The van der Waals surface area contributed by atoms with Gasteiger partial charge in [-0.1, -0.05) is 6.07 Å². The monoisotopic (exact) mass is 352 g/mol. The van der Waals surface area contributed by atoms with Crippen LogP contribution < -0.4 is 4.90 Å². The molecule has 7 heteroatoms. The molecule has 0 atom stereocenters. The summed E-state index contributed by atoms with van der Waals surface area (Å²) in [7, 11) is 0. The van der Waals surface area contributed by atoms with Gasteiger partial charge in [-0.25, -0.2) is 0 Å². The Labute approximate surface area is 127 Å². The molecule has 20 heavy (non-hydrogen) atoms. The molecule has 5 nitrogen and oxygen atoms in total. The van der Waals surface area contributed by atoms with Gasteiger partial charge in [0.15, 0.2) is 0 Å². The predicted molar refractivity (Wildman–Crippen MR) is 80.5 cm³/mol. The largest absolute Gasteiger partial charge is 0.307 e. The van der Waals surface area contributed by atoms with Crippen LogP contribution in [0.5, 0.6) is 0 Å². The smallest absolute Gasteiger partial charge is 0.271 e. The maximum Gasteiger partial charge on any atom is 0.271 e. The van der Waals surface area contributed by atoms with Gasteiger partial charge in [-0.3, -0.25) is 14.9 Å². The summed E-state index contributed by atoms with van der Waals surface area (Å²) in [4.78, 5) is 24.5. The van der Waals surface area contributed by atoms with Crippen LogP contribution in [0.3, 0.4) is 0 Å². The second kappa shape index (κ2) is 4.99. The van der Waals surface area contributed by atoms with Gasteiger partial charge in [0.05, 0.1) is 20.0 Å². The summed E-state index contributed by atoms with van der Waals surface area (Å²) in [5.41, 5.74) is 2.22. The predicted octanol–water partition coefficient (Wildman–Crippen LogP) is 3.62. The van der Waals surface area contributed by atoms with Crippen LogP contribution >= 0.6 is 27.3 Å². The molecule has 1 aromatic carbocycles. The molecule has 2 heterocycles. The van der Waals surface area contributed by atoms with E-state index < -0.39 is 4.92 Å². The highest BCUT2D eigenvalue weighted by atomic mass is 79.9. The van der Waals surface area contributed by atoms with Crippen LogP contribution in [0.25, 0.3) is 0 Å². The average molecular weight is 353 g/mol. The van der Waals surface area contributed by atoms with Crippen molar-refractivity contribution in [3.63, 3.8) is 0 Å². The Balaban J connectivity index is 1.97. The van der Waals surface area contributed by atoms with Crippen LogP contribution in [0, 0.1) is 10.1 Å². The molecular formula is C13H9BrN2O3S. The van der Waals surface area contributed by atoms with Crippen molar-refractivity contribution in [3.8, 4) is 0 Å². The molecule has 0 N–H and O–H groups in total. The fourth-order valence-electron chi connectivity index (χ4n) is 2.27. The minimum absolute atomic E-state index is 0.00921. The van der Waals surface area contributed by atoms with Gasteiger partial charge >= 0.3 is 0 Å². The zero-order chi connectivity index (χ0) is 14.3. The van der Waals surface area contributed by atoms with Crippen molar-refractivity contribution < 1.29 is 9.72 Å². The molecule has 1 aliphatic rings. The summed E-state index contributed by atoms with van der Waals surface area (Å²) in [6, 6.07) is 6.45. The summed E-state index contributed by atoms with van der Waals surface area (Å²) in [6.45, 7) is 0.558. The number of nitrogens with zero attached hydrogens (tertiary/aromatic N) is 2. The first-order chi connectivity index (χ1) is 9.56. The molecule has 0 bridgehead atoms. The highest BCUT2D eigenvalue weighted by Crippen LogP contribution is 2.33. The number of non-ortho nitro benzene ring substituents is 1. The standard InChI is InChI=1S/C13H9BrN2O3S/c14-12-5-9(7-20-12)13(17)15-4-3-8-1-2-10(16(18)19)6-11(8)15/h1-2,5-7H,3-4H2. The summed E-state index contributed by atoms with van der Waals surface area (Å²) in [6.07, 6.45) is 0.727. The second-order valence-corrected chi connectivity index (χ2v) is 6.71. The molecule has 0 spiro atoms. The highest BCUT2D eigenvalue weighted by molar-refractivity contribution is 9.11. The van der Waals surface area contributed by atoms with Crippen molar-refractivity contribution in [2.24, 2.45) is 0 Å². The molecule has 2 aromatic rings. The molecule has 0 unspecified atom stereocenters. The molecular weight excluding hydrogens is 344 g/mol. The number of carbonyl (C=O) groups excluding carboxylic acids is 1. The van der Waals surface area contributed by atoms with Crippen molar-refractivity contribution in [1.29, 1.82) is 0 Å². The number of hydrogen-bond donors (Lipinski definition) is 0. The van der Waals surface area contributed by atoms with Gasteiger partial charge in [0, 0.05) is 24.1 Å². The summed E-state index contributed by atoms with van der Waals surface area (Å²) in [5.74, 6) is -0.119. The molecule has 0 fully saturated rings. The van der Waals surface area contributed by atoms with E-state index in [1.54, 1.807) is 22.4 Å². The topological polar surface area (TPSA) is 63.5 Å². The lowest BCUT2D eigenvalue weighted by Gasteiger charge is -2.16. The third-order valence-corrected chi connectivity index (χ3v) is 4.74. The third kappa shape index (κ3) is 2.23. The molecule has 0 saturated carbocycles. The molecule has 0 aliphatic carbocycles. The highest BCUT2D eigenvalue weighted by Gasteiger charge is 2.27. The maximum absolute atomic E-state index is 12.4. The number of rotatable bonds is 2. The summed E-state index contributed by atoms with van der Waals surface area (Å²) in [5, 5.41) is 12.6. The van der Waals surface area contributed by atoms with Crippen molar-refractivity contribution in [2.45, 2.75) is 6.42 Å². The number of nitro benzene ring substituents is 1. The average Bonchev–Trinajstić information content (AvgIpc) is 3.03. The van der Waals surface area contributed by atoms with Crippen LogP contribution in [0.4, 0.5) is 11.4 Å². The van der Waals surface area contributed by atoms with Crippen molar-refractivity contribution in [1.82, 2.24) is 0 Å². The number of benzene rings is 1. The van der Waals surface area contributed by atoms with E-state index in [1.165, 1.54) is 23.5 Å². The number of thiophene rings is 1. The zero-order valence-corrected chi connectivity index (χ0v) is 12.6. The van der Waals surface area contributed by atoms with Crippen LogP contribution in [0.15, 0.2) is 33.4 Å². The fourth-order valence-corrected chi connectivity index (χ4v) is 3.40. The number of amides is 1. The number of carbonyl (C=O) groups is 1. The van der Waals surface area contributed by atoms with Gasteiger partial charge in [-0.15, -0.1) is 11.3 Å². The van der Waals surface area contributed by atoms with Crippen molar-refractivity contribution in [3.05, 3.63) is 54.7 Å². The van der Waals surface area contributed by atoms with Crippen molar-refractivity contribution in [2.75, 3.05) is 11.4 Å². The zero-order valence-electron chi connectivity index (χ0n) is 10.2. The number of hydrogen-bond acceptors (Lipinski definition) is 4. The Kier molecular flexibility index (Phi) is 3.31. The van der Waals surface area contributed by atoms with Gasteiger partial charge in [-0.05, 0) is 34.0 Å². The van der Waals surface area contributed by atoms with Gasteiger partial charge < -0.3 is 4.90 Å². The first-order valence-corrected chi connectivity index (χ1v) is 7.57. The molecule has 1 amide bonds. The van der Waals surface area contributed by atoms with Crippen LogP contribution in [-0.2, 0) is 6.42 Å². The Morgan fingerprint density at radius 3 is 2.85 bits per heavy atom. The van der Waals surface area contributed by atoms with E-state index in [0.717, 1.165) is 15.8 Å².